The van der Waals surface area contributed by atoms with E-state index in [4.69, 9.17) is 20.9 Å². The molecule has 1 fully saturated rings. The third-order valence-corrected chi connectivity index (χ3v) is 11.0. The molecular weight excluding hydrogens is 588 g/mol. The lowest BCUT2D eigenvalue weighted by molar-refractivity contribution is -0.148. The highest BCUT2D eigenvalue weighted by Gasteiger charge is 2.33. The molecule has 1 aromatic carbocycles. The van der Waals surface area contributed by atoms with Crippen LogP contribution in [0.5, 0.6) is 11.5 Å². The first-order valence-corrected chi connectivity index (χ1v) is 18.1. The number of phenols is 1. The van der Waals surface area contributed by atoms with Crippen LogP contribution in [0, 0.1) is 5.92 Å². The first-order chi connectivity index (χ1) is 20.7. The second-order valence-electron chi connectivity index (χ2n) is 12.1. The number of ether oxygens (including phenoxy) is 2. The van der Waals surface area contributed by atoms with E-state index in [9.17, 15) is 19.8 Å². The van der Waals surface area contributed by atoms with Gasteiger partial charge in [0.15, 0.2) is 17.5 Å². The molecule has 3 heterocycles. The number of esters is 1. The number of nitrogens with zero attached hydrogens (tertiary/aromatic N) is 2. The molecule has 0 aliphatic carbocycles. The van der Waals surface area contributed by atoms with Crippen LogP contribution in [0.2, 0.25) is 0 Å². The van der Waals surface area contributed by atoms with Crippen molar-refractivity contribution >= 4 is 39.4 Å². The van der Waals surface area contributed by atoms with Gasteiger partial charge in [0, 0.05) is 55.5 Å². The van der Waals surface area contributed by atoms with Crippen molar-refractivity contribution in [1.29, 1.82) is 0 Å². The number of carbonyl (C=O) groups excluding carboxylic acids is 2. The Kier molecular flexibility index (Phi) is 13.0. The number of aliphatic hydroxyl groups is 1. The van der Waals surface area contributed by atoms with Crippen LogP contribution in [0.3, 0.4) is 0 Å². The maximum Gasteiger partial charge on any atom is 0.302 e. The van der Waals surface area contributed by atoms with Crippen molar-refractivity contribution in [3.63, 3.8) is 0 Å². The normalized spacial score (nSPS) is 26.6. The number of aromatic hydroxyl groups is 1. The molecule has 12 heteroatoms. The Morgan fingerprint density at radius 2 is 1.91 bits per heavy atom. The number of benzene rings is 1. The fraction of sp³-hybridized carbons (Fsp3) is 0.710. The van der Waals surface area contributed by atoms with Gasteiger partial charge >= 0.3 is 5.97 Å². The number of rotatable bonds is 2. The summed E-state index contributed by atoms with van der Waals surface area (Å²) in [5.41, 5.74) is 14.1. The summed E-state index contributed by atoms with van der Waals surface area (Å²) in [6, 6.07) is 1.92. The zero-order valence-electron chi connectivity index (χ0n) is 25.3. The number of amides is 1. The summed E-state index contributed by atoms with van der Waals surface area (Å²) in [6.07, 6.45) is 8.26. The number of guanidine groups is 1. The molecule has 1 aromatic rings. The molecule has 0 unspecified atom stereocenters. The Labute approximate surface area is 263 Å². The molecule has 1 amide bonds. The largest absolute Gasteiger partial charge is 0.504 e. The zero-order valence-corrected chi connectivity index (χ0v) is 26.9. The molecule has 0 saturated carbocycles. The molecule has 1 saturated heterocycles. The van der Waals surface area contributed by atoms with Crippen molar-refractivity contribution in [1.82, 2.24) is 4.90 Å². The van der Waals surface area contributed by atoms with Crippen molar-refractivity contribution in [3.05, 3.63) is 22.8 Å². The molecule has 43 heavy (non-hydrogen) atoms. The second kappa shape index (κ2) is 16.7. The minimum absolute atomic E-state index is 0.0495. The predicted octanol–water partition coefficient (Wildman–Crippen LogP) is 4.06. The molecule has 4 rings (SSSR count). The Balaban J connectivity index is 1.56. The first kappa shape index (κ1) is 33.6. The fourth-order valence-electron chi connectivity index (χ4n) is 6.40. The SMILES string of the molecule is CC(=O)O[C@H]1CCc2cc(c(O)c3c2CCCO3)CN2C[C@@H](CC2=O)C[C@@H](N=C(N)N)CSSCCCCCC[C@H](O)C1. The van der Waals surface area contributed by atoms with Gasteiger partial charge in [-0.3, -0.25) is 9.59 Å². The Morgan fingerprint density at radius 3 is 2.70 bits per heavy atom. The van der Waals surface area contributed by atoms with Gasteiger partial charge in [0.25, 0.3) is 0 Å². The third kappa shape index (κ3) is 10.4. The van der Waals surface area contributed by atoms with Crippen LogP contribution in [0.25, 0.3) is 0 Å². The van der Waals surface area contributed by atoms with E-state index < -0.39 is 12.2 Å². The first-order valence-electron chi connectivity index (χ1n) is 15.6. The van der Waals surface area contributed by atoms with Crippen molar-refractivity contribution in [3.8, 4) is 11.5 Å². The minimum Gasteiger partial charge on any atom is -0.504 e. The summed E-state index contributed by atoms with van der Waals surface area (Å²) < 4.78 is 11.6. The number of hydrogen-bond acceptors (Lipinski definition) is 9. The summed E-state index contributed by atoms with van der Waals surface area (Å²) in [4.78, 5) is 31.3. The van der Waals surface area contributed by atoms with Gasteiger partial charge in [-0.05, 0) is 62.5 Å². The van der Waals surface area contributed by atoms with E-state index in [2.05, 4.69) is 4.99 Å². The summed E-state index contributed by atoms with van der Waals surface area (Å²) in [5.74, 6) is 2.28. The van der Waals surface area contributed by atoms with E-state index in [1.807, 2.05) is 16.9 Å². The van der Waals surface area contributed by atoms with Crippen LogP contribution in [-0.4, -0.2) is 75.9 Å². The number of aryl methyl sites for hydroxylation is 1. The molecule has 0 spiro atoms. The van der Waals surface area contributed by atoms with Crippen LogP contribution < -0.4 is 16.2 Å². The number of fused-ring (bicyclic) bond motifs is 6. The number of carbonyl (C=O) groups is 2. The van der Waals surface area contributed by atoms with Crippen molar-refractivity contribution in [2.24, 2.45) is 22.4 Å². The van der Waals surface area contributed by atoms with Gasteiger partial charge in [0.2, 0.25) is 5.91 Å². The molecule has 240 valence electrons. The van der Waals surface area contributed by atoms with E-state index in [0.29, 0.717) is 56.6 Å². The fourth-order valence-corrected chi connectivity index (χ4v) is 8.77. The van der Waals surface area contributed by atoms with E-state index in [1.54, 1.807) is 15.7 Å². The average molecular weight is 637 g/mol. The maximum atomic E-state index is 13.1. The standard InChI is InChI=1S/C31H48N4O6S2/c1-20(36)41-26-10-9-22-15-23(29(39)30-27(22)8-6-11-40-30)18-35-17-21(14-28(35)38)13-24(34-31(32)33)19-43-42-12-5-3-2-4-7-25(37)16-26/h15,21,24-26,37,39H,2-14,16-19H2,1H3,(H4,32,33,34)/t21-,24-,25+,26+/m1/s1. The van der Waals surface area contributed by atoms with Crippen LogP contribution in [0.1, 0.15) is 87.8 Å². The van der Waals surface area contributed by atoms with Gasteiger partial charge in [-0.15, -0.1) is 0 Å². The Morgan fingerprint density at radius 1 is 1.09 bits per heavy atom. The smallest absolute Gasteiger partial charge is 0.302 e. The highest BCUT2D eigenvalue weighted by atomic mass is 33.1. The summed E-state index contributed by atoms with van der Waals surface area (Å²) >= 11 is 0. The molecule has 4 atom stereocenters. The lowest BCUT2D eigenvalue weighted by atomic mass is 9.91. The summed E-state index contributed by atoms with van der Waals surface area (Å²) in [7, 11) is 3.59. The molecule has 0 aromatic heterocycles. The highest BCUT2D eigenvalue weighted by molar-refractivity contribution is 8.76. The number of aliphatic imine (C=N–C) groups is 1. The van der Waals surface area contributed by atoms with Crippen LogP contribution in [0.4, 0.5) is 0 Å². The van der Waals surface area contributed by atoms with Gasteiger partial charge < -0.3 is 36.1 Å². The minimum atomic E-state index is -0.537. The highest BCUT2D eigenvalue weighted by Crippen LogP contribution is 2.41. The maximum absolute atomic E-state index is 13.1. The number of phenolic OH excluding ortho intramolecular Hbond substituents is 1. The van der Waals surface area contributed by atoms with Gasteiger partial charge in [0.05, 0.1) is 18.8 Å². The molecule has 10 nitrogen and oxygen atoms in total. The monoisotopic (exact) mass is 636 g/mol. The molecule has 6 N–H and O–H groups in total. The lowest BCUT2D eigenvalue weighted by Crippen LogP contribution is -2.28. The third-order valence-electron chi connectivity index (χ3n) is 8.40. The lowest BCUT2D eigenvalue weighted by Gasteiger charge is -2.26. The van der Waals surface area contributed by atoms with Crippen molar-refractivity contribution < 1.29 is 29.3 Å². The molecule has 4 bridgehead atoms. The van der Waals surface area contributed by atoms with Gasteiger partial charge in [-0.1, -0.05) is 40.9 Å². The van der Waals surface area contributed by atoms with Gasteiger partial charge in [-0.2, -0.15) is 0 Å². The molecule has 3 aliphatic heterocycles. The number of aliphatic hydroxyl groups excluding tert-OH is 1. The van der Waals surface area contributed by atoms with E-state index in [0.717, 1.165) is 67.6 Å². The average Bonchev–Trinajstić information content (AvgIpc) is 3.29. The van der Waals surface area contributed by atoms with Gasteiger partial charge in [0.1, 0.15) is 6.10 Å². The molecular formula is C31H48N4O6S2. The zero-order chi connectivity index (χ0) is 30.8. The van der Waals surface area contributed by atoms with Crippen molar-refractivity contribution in [2.75, 3.05) is 24.7 Å². The van der Waals surface area contributed by atoms with Gasteiger partial charge in [-0.25, -0.2) is 4.99 Å². The molecule has 0 radical (unpaired) electrons. The van der Waals surface area contributed by atoms with E-state index in [-0.39, 0.29) is 42.1 Å². The molecule has 3 aliphatic rings. The van der Waals surface area contributed by atoms with E-state index >= 15 is 0 Å². The Bertz CT molecular complexity index is 1130. The van der Waals surface area contributed by atoms with Crippen LogP contribution in [-0.2, 0) is 33.7 Å². The number of nitrogens with two attached hydrogens (primary N) is 2. The number of hydrogen-bond donors (Lipinski definition) is 4. The van der Waals surface area contributed by atoms with Crippen LogP contribution >= 0.6 is 21.6 Å². The quantitative estimate of drug-likeness (QED) is 0.161. The van der Waals surface area contributed by atoms with Crippen LogP contribution in [0.15, 0.2) is 11.1 Å². The second-order valence-corrected chi connectivity index (χ2v) is 14.7. The van der Waals surface area contributed by atoms with Crippen molar-refractivity contribution in [2.45, 2.75) is 109 Å². The summed E-state index contributed by atoms with van der Waals surface area (Å²) in [5, 5.41) is 22.0. The Hall–Kier alpha value is -2.31. The van der Waals surface area contributed by atoms with E-state index in [1.165, 1.54) is 6.92 Å². The topological polar surface area (TPSA) is 161 Å². The summed E-state index contributed by atoms with van der Waals surface area (Å²) in [6.45, 7) is 2.79. The predicted molar refractivity (Wildman–Crippen MR) is 172 cm³/mol.